The maximum absolute atomic E-state index is 5.54. The number of rotatable bonds is 3. The lowest BCUT2D eigenvalue weighted by molar-refractivity contribution is 0.354. The van der Waals surface area contributed by atoms with Gasteiger partial charge in [-0.25, -0.2) is 0 Å². The summed E-state index contributed by atoms with van der Waals surface area (Å²) < 4.78 is 11.2. The van der Waals surface area contributed by atoms with Gasteiger partial charge in [-0.1, -0.05) is 15.9 Å². The lowest BCUT2D eigenvalue weighted by Crippen LogP contribution is -1.99. The third-order valence-corrected chi connectivity index (χ3v) is 2.51. The van der Waals surface area contributed by atoms with Gasteiger partial charge < -0.3 is 15.2 Å². The SMILES string of the molecule is COc1cc(Br)c(CN)cc1OC.Cl. The van der Waals surface area contributed by atoms with Gasteiger partial charge in [0.05, 0.1) is 14.2 Å². The molecule has 1 rings (SSSR count). The molecule has 1 aromatic rings. The molecule has 0 saturated carbocycles. The Morgan fingerprint density at radius 3 is 2.14 bits per heavy atom. The Hall–Kier alpha value is -0.450. The van der Waals surface area contributed by atoms with Crippen LogP contribution in [0.25, 0.3) is 0 Å². The van der Waals surface area contributed by atoms with Gasteiger partial charge in [0.25, 0.3) is 0 Å². The van der Waals surface area contributed by atoms with Gasteiger partial charge in [-0.2, -0.15) is 0 Å². The van der Waals surface area contributed by atoms with E-state index in [1.54, 1.807) is 14.2 Å². The minimum absolute atomic E-state index is 0. The molecule has 0 aliphatic heterocycles. The summed E-state index contributed by atoms with van der Waals surface area (Å²) in [6.45, 7) is 0.473. The number of nitrogens with two attached hydrogens (primary N) is 1. The molecular formula is C9H13BrClNO2. The van der Waals surface area contributed by atoms with Crippen molar-refractivity contribution in [2.75, 3.05) is 14.2 Å². The largest absolute Gasteiger partial charge is 0.493 e. The topological polar surface area (TPSA) is 44.5 Å². The molecule has 0 aromatic heterocycles. The highest BCUT2D eigenvalue weighted by molar-refractivity contribution is 9.10. The Balaban J connectivity index is 0.00000169. The average Bonchev–Trinajstić information content (AvgIpc) is 2.17. The fraction of sp³-hybridized carbons (Fsp3) is 0.333. The van der Waals surface area contributed by atoms with Gasteiger partial charge in [0, 0.05) is 11.0 Å². The van der Waals surface area contributed by atoms with Crippen molar-refractivity contribution in [3.63, 3.8) is 0 Å². The molecular weight excluding hydrogens is 269 g/mol. The van der Waals surface area contributed by atoms with E-state index in [0.29, 0.717) is 18.0 Å². The summed E-state index contributed by atoms with van der Waals surface area (Å²) in [7, 11) is 3.21. The van der Waals surface area contributed by atoms with Crippen LogP contribution in [0, 0.1) is 0 Å². The second kappa shape index (κ2) is 6.11. The summed E-state index contributed by atoms with van der Waals surface area (Å²) >= 11 is 3.40. The second-order valence-electron chi connectivity index (χ2n) is 2.50. The summed E-state index contributed by atoms with van der Waals surface area (Å²) in [4.78, 5) is 0. The highest BCUT2D eigenvalue weighted by Gasteiger charge is 2.07. The van der Waals surface area contributed by atoms with Crippen molar-refractivity contribution in [3.8, 4) is 11.5 Å². The molecule has 2 N–H and O–H groups in total. The first kappa shape index (κ1) is 13.5. The van der Waals surface area contributed by atoms with E-state index in [2.05, 4.69) is 15.9 Å². The Morgan fingerprint density at radius 2 is 1.71 bits per heavy atom. The first-order valence-electron chi connectivity index (χ1n) is 3.83. The van der Waals surface area contributed by atoms with E-state index >= 15 is 0 Å². The molecule has 1 aromatic carbocycles. The molecule has 0 saturated heterocycles. The molecule has 0 bridgehead atoms. The Morgan fingerprint density at radius 1 is 1.21 bits per heavy atom. The minimum Gasteiger partial charge on any atom is -0.493 e. The van der Waals surface area contributed by atoms with Gasteiger partial charge in [0.15, 0.2) is 11.5 Å². The van der Waals surface area contributed by atoms with Gasteiger partial charge in [0.2, 0.25) is 0 Å². The molecule has 0 aliphatic carbocycles. The molecule has 3 nitrogen and oxygen atoms in total. The summed E-state index contributed by atoms with van der Waals surface area (Å²) in [6.07, 6.45) is 0. The molecule has 80 valence electrons. The molecule has 0 atom stereocenters. The molecule has 0 heterocycles. The van der Waals surface area contributed by atoms with Gasteiger partial charge in [0.1, 0.15) is 0 Å². The van der Waals surface area contributed by atoms with Crippen molar-refractivity contribution in [2.24, 2.45) is 5.73 Å². The fourth-order valence-corrected chi connectivity index (χ4v) is 1.54. The monoisotopic (exact) mass is 281 g/mol. The third-order valence-electron chi connectivity index (χ3n) is 1.77. The summed E-state index contributed by atoms with van der Waals surface area (Å²) in [5, 5.41) is 0. The van der Waals surface area contributed by atoms with E-state index < -0.39 is 0 Å². The van der Waals surface area contributed by atoms with Crippen molar-refractivity contribution < 1.29 is 9.47 Å². The molecule has 0 radical (unpaired) electrons. The van der Waals surface area contributed by atoms with Crippen LogP contribution in [0.1, 0.15) is 5.56 Å². The van der Waals surface area contributed by atoms with Crippen molar-refractivity contribution >= 4 is 28.3 Å². The first-order valence-corrected chi connectivity index (χ1v) is 4.62. The van der Waals surface area contributed by atoms with E-state index in [-0.39, 0.29) is 12.4 Å². The van der Waals surface area contributed by atoms with Crippen LogP contribution >= 0.6 is 28.3 Å². The van der Waals surface area contributed by atoms with Crippen molar-refractivity contribution in [1.82, 2.24) is 0 Å². The molecule has 0 amide bonds. The normalized spacial score (nSPS) is 9.14. The molecule has 0 unspecified atom stereocenters. The second-order valence-corrected chi connectivity index (χ2v) is 3.36. The van der Waals surface area contributed by atoms with Gasteiger partial charge in [-0.15, -0.1) is 12.4 Å². The number of halogens is 2. The zero-order valence-corrected chi connectivity index (χ0v) is 10.4. The Bertz CT molecular complexity index is 307. The van der Waals surface area contributed by atoms with Crippen LogP contribution in [0.5, 0.6) is 11.5 Å². The van der Waals surface area contributed by atoms with Crippen molar-refractivity contribution in [1.29, 1.82) is 0 Å². The van der Waals surface area contributed by atoms with Crippen LogP contribution in [0.15, 0.2) is 16.6 Å². The molecule has 0 aliphatic rings. The first-order chi connectivity index (χ1) is 6.22. The number of methoxy groups -OCH3 is 2. The smallest absolute Gasteiger partial charge is 0.161 e. The number of hydrogen-bond donors (Lipinski definition) is 1. The highest BCUT2D eigenvalue weighted by atomic mass is 79.9. The van der Waals surface area contributed by atoms with E-state index in [9.17, 15) is 0 Å². The van der Waals surface area contributed by atoms with Gasteiger partial charge >= 0.3 is 0 Å². The highest BCUT2D eigenvalue weighted by Crippen LogP contribution is 2.32. The van der Waals surface area contributed by atoms with E-state index in [0.717, 1.165) is 10.0 Å². The predicted molar refractivity (Wildman–Crippen MR) is 62.4 cm³/mol. The number of benzene rings is 1. The number of ether oxygens (including phenoxy) is 2. The molecule has 5 heteroatoms. The van der Waals surface area contributed by atoms with Crippen LogP contribution in [-0.4, -0.2) is 14.2 Å². The average molecular weight is 283 g/mol. The third kappa shape index (κ3) is 2.77. The predicted octanol–water partition coefficient (Wildman–Crippen LogP) is 2.35. The van der Waals surface area contributed by atoms with E-state index in [1.165, 1.54) is 0 Å². The summed E-state index contributed by atoms with van der Waals surface area (Å²) in [5.41, 5.74) is 6.54. The maximum atomic E-state index is 5.54. The Kier molecular flexibility index (Phi) is 5.92. The van der Waals surface area contributed by atoms with Gasteiger partial charge in [-0.05, 0) is 17.7 Å². The molecule has 0 spiro atoms. The van der Waals surface area contributed by atoms with Crippen LogP contribution in [0.3, 0.4) is 0 Å². The lowest BCUT2D eigenvalue weighted by atomic mass is 10.2. The zero-order chi connectivity index (χ0) is 9.84. The summed E-state index contributed by atoms with van der Waals surface area (Å²) in [5.74, 6) is 1.40. The van der Waals surface area contributed by atoms with E-state index in [4.69, 9.17) is 15.2 Å². The summed E-state index contributed by atoms with van der Waals surface area (Å²) in [6, 6.07) is 3.71. The fourth-order valence-electron chi connectivity index (χ4n) is 1.05. The van der Waals surface area contributed by atoms with Crippen molar-refractivity contribution in [2.45, 2.75) is 6.54 Å². The molecule has 0 fully saturated rings. The Labute approximate surface area is 98.1 Å². The lowest BCUT2D eigenvalue weighted by Gasteiger charge is -2.10. The maximum Gasteiger partial charge on any atom is 0.161 e. The van der Waals surface area contributed by atoms with Crippen LogP contribution in [0.2, 0.25) is 0 Å². The molecule has 14 heavy (non-hydrogen) atoms. The number of hydrogen-bond acceptors (Lipinski definition) is 3. The quantitative estimate of drug-likeness (QED) is 0.925. The minimum atomic E-state index is 0. The van der Waals surface area contributed by atoms with Crippen LogP contribution in [0.4, 0.5) is 0 Å². The van der Waals surface area contributed by atoms with Crippen molar-refractivity contribution in [3.05, 3.63) is 22.2 Å². The van der Waals surface area contributed by atoms with Gasteiger partial charge in [-0.3, -0.25) is 0 Å². The van der Waals surface area contributed by atoms with Crippen LogP contribution in [-0.2, 0) is 6.54 Å². The van der Waals surface area contributed by atoms with E-state index in [1.807, 2.05) is 12.1 Å². The standard InChI is InChI=1S/C9H12BrNO2.ClH/c1-12-8-3-6(5-11)7(10)4-9(8)13-2;/h3-4H,5,11H2,1-2H3;1H. The van der Waals surface area contributed by atoms with Crippen LogP contribution < -0.4 is 15.2 Å². The zero-order valence-electron chi connectivity index (χ0n) is 8.04.